The molecule has 1 aromatic carbocycles. The van der Waals surface area contributed by atoms with Gasteiger partial charge in [-0.1, -0.05) is 32.9 Å². The van der Waals surface area contributed by atoms with Gasteiger partial charge in [0, 0.05) is 6.20 Å². The second-order valence-electron chi connectivity index (χ2n) is 6.18. The molecule has 0 amide bonds. The standard InChI is InChI=1S/C16H16N4O2/c1-16(2,3)12-6-4-5-11-13(12)18-15(19-14(11)22)20-8-10(9-21)7-17-20/h4-9H,1-3H3,(H,18,19,22). The van der Waals surface area contributed by atoms with Crippen LogP contribution in [0.5, 0.6) is 0 Å². The van der Waals surface area contributed by atoms with Crippen molar-refractivity contribution in [2.24, 2.45) is 0 Å². The van der Waals surface area contributed by atoms with Crippen LogP contribution in [0.4, 0.5) is 0 Å². The van der Waals surface area contributed by atoms with E-state index in [4.69, 9.17) is 0 Å². The maximum Gasteiger partial charge on any atom is 0.260 e. The summed E-state index contributed by atoms with van der Waals surface area (Å²) in [6, 6.07) is 5.58. The zero-order valence-electron chi connectivity index (χ0n) is 12.6. The van der Waals surface area contributed by atoms with Crippen LogP contribution in [0.3, 0.4) is 0 Å². The molecular formula is C16H16N4O2. The summed E-state index contributed by atoms with van der Waals surface area (Å²) in [5.74, 6) is 0.294. The Labute approximate surface area is 126 Å². The van der Waals surface area contributed by atoms with E-state index in [1.807, 2.05) is 12.1 Å². The molecule has 0 aliphatic rings. The molecule has 0 saturated carbocycles. The van der Waals surface area contributed by atoms with Crippen LogP contribution >= 0.6 is 0 Å². The van der Waals surface area contributed by atoms with Crippen molar-refractivity contribution in [1.82, 2.24) is 19.7 Å². The van der Waals surface area contributed by atoms with Gasteiger partial charge in [-0.05, 0) is 17.0 Å². The van der Waals surface area contributed by atoms with Crippen LogP contribution in [0.1, 0.15) is 36.7 Å². The van der Waals surface area contributed by atoms with Crippen molar-refractivity contribution in [2.45, 2.75) is 26.2 Å². The number of hydrogen-bond acceptors (Lipinski definition) is 4. The van der Waals surface area contributed by atoms with Crippen molar-refractivity contribution in [3.8, 4) is 5.95 Å². The van der Waals surface area contributed by atoms with Crippen LogP contribution in [0.15, 0.2) is 35.4 Å². The molecule has 0 atom stereocenters. The van der Waals surface area contributed by atoms with Gasteiger partial charge in [0.05, 0.1) is 22.7 Å². The first-order chi connectivity index (χ1) is 10.4. The fourth-order valence-electron chi connectivity index (χ4n) is 2.38. The van der Waals surface area contributed by atoms with Gasteiger partial charge < -0.3 is 0 Å². The average Bonchev–Trinajstić information content (AvgIpc) is 2.94. The van der Waals surface area contributed by atoms with E-state index in [0.29, 0.717) is 28.7 Å². The predicted octanol–water partition coefficient (Wildman–Crippen LogP) is 2.22. The Morgan fingerprint density at radius 2 is 2.05 bits per heavy atom. The molecule has 0 radical (unpaired) electrons. The van der Waals surface area contributed by atoms with Gasteiger partial charge in [0.15, 0.2) is 6.29 Å². The quantitative estimate of drug-likeness (QED) is 0.735. The zero-order chi connectivity index (χ0) is 15.9. The first-order valence-electron chi connectivity index (χ1n) is 6.94. The molecule has 0 fully saturated rings. The molecule has 6 heteroatoms. The molecule has 0 bridgehead atoms. The van der Waals surface area contributed by atoms with Gasteiger partial charge in [0.25, 0.3) is 5.56 Å². The van der Waals surface area contributed by atoms with E-state index in [9.17, 15) is 9.59 Å². The molecule has 6 nitrogen and oxygen atoms in total. The molecule has 3 rings (SSSR count). The lowest BCUT2D eigenvalue weighted by Crippen LogP contribution is -2.18. The van der Waals surface area contributed by atoms with Crippen molar-refractivity contribution in [1.29, 1.82) is 0 Å². The average molecular weight is 296 g/mol. The lowest BCUT2D eigenvalue weighted by Gasteiger charge is -2.20. The van der Waals surface area contributed by atoms with Gasteiger partial charge in [-0.15, -0.1) is 0 Å². The Morgan fingerprint density at radius 3 is 2.68 bits per heavy atom. The molecule has 0 unspecified atom stereocenters. The Morgan fingerprint density at radius 1 is 1.27 bits per heavy atom. The minimum absolute atomic E-state index is 0.143. The maximum absolute atomic E-state index is 12.3. The lowest BCUT2D eigenvalue weighted by molar-refractivity contribution is 0.112. The third-order valence-electron chi connectivity index (χ3n) is 3.49. The minimum Gasteiger partial charge on any atom is -0.298 e. The summed E-state index contributed by atoms with van der Waals surface area (Å²) in [6.45, 7) is 6.22. The molecule has 0 saturated heterocycles. The summed E-state index contributed by atoms with van der Waals surface area (Å²) < 4.78 is 1.39. The Balaban J connectivity index is 2.31. The summed E-state index contributed by atoms with van der Waals surface area (Å²) in [5.41, 5.74) is 1.69. The first-order valence-corrected chi connectivity index (χ1v) is 6.94. The van der Waals surface area contributed by atoms with Crippen molar-refractivity contribution in [3.05, 3.63) is 52.1 Å². The molecule has 2 heterocycles. The second kappa shape index (κ2) is 4.91. The SMILES string of the molecule is CC(C)(C)c1cccc2c(=O)[nH]c(-n3cc(C=O)cn3)nc12. The molecule has 2 aromatic heterocycles. The maximum atomic E-state index is 12.3. The largest absolute Gasteiger partial charge is 0.298 e. The number of hydrogen-bond donors (Lipinski definition) is 1. The van der Waals surface area contributed by atoms with Gasteiger partial charge >= 0.3 is 0 Å². The van der Waals surface area contributed by atoms with Crippen LogP contribution in [0.2, 0.25) is 0 Å². The smallest absolute Gasteiger partial charge is 0.260 e. The fourth-order valence-corrected chi connectivity index (χ4v) is 2.38. The number of carbonyl (C=O) groups excluding carboxylic acids is 1. The van der Waals surface area contributed by atoms with Crippen molar-refractivity contribution >= 4 is 17.2 Å². The third kappa shape index (κ3) is 2.32. The number of fused-ring (bicyclic) bond motifs is 1. The highest BCUT2D eigenvalue weighted by Gasteiger charge is 2.19. The van der Waals surface area contributed by atoms with Crippen LogP contribution in [-0.2, 0) is 5.41 Å². The van der Waals surface area contributed by atoms with Gasteiger partial charge in [0.2, 0.25) is 5.95 Å². The molecule has 1 N–H and O–H groups in total. The molecule has 112 valence electrons. The number of benzene rings is 1. The minimum atomic E-state index is -0.228. The van der Waals surface area contributed by atoms with E-state index in [1.54, 1.807) is 6.07 Å². The highest BCUT2D eigenvalue weighted by molar-refractivity contribution is 5.82. The van der Waals surface area contributed by atoms with Crippen LogP contribution < -0.4 is 5.56 Å². The normalized spacial score (nSPS) is 11.8. The van der Waals surface area contributed by atoms with E-state index in [1.165, 1.54) is 17.1 Å². The van der Waals surface area contributed by atoms with Gasteiger partial charge in [0.1, 0.15) is 0 Å². The van der Waals surface area contributed by atoms with Crippen LogP contribution in [0.25, 0.3) is 16.9 Å². The van der Waals surface area contributed by atoms with E-state index in [-0.39, 0.29) is 11.0 Å². The number of nitrogens with one attached hydrogen (secondary N) is 1. The summed E-state index contributed by atoms with van der Waals surface area (Å²) in [6.07, 6.45) is 3.65. The highest BCUT2D eigenvalue weighted by Crippen LogP contribution is 2.27. The summed E-state index contributed by atoms with van der Waals surface area (Å²) in [7, 11) is 0. The third-order valence-corrected chi connectivity index (χ3v) is 3.49. The van der Waals surface area contributed by atoms with Crippen LogP contribution in [0, 0.1) is 0 Å². The highest BCUT2D eigenvalue weighted by atomic mass is 16.1. The number of rotatable bonds is 2. The molecule has 22 heavy (non-hydrogen) atoms. The van der Waals surface area contributed by atoms with Crippen molar-refractivity contribution < 1.29 is 4.79 Å². The molecule has 0 aliphatic heterocycles. The van der Waals surface area contributed by atoms with E-state index in [2.05, 4.69) is 35.8 Å². The van der Waals surface area contributed by atoms with Gasteiger partial charge in [-0.2, -0.15) is 5.10 Å². The summed E-state index contributed by atoms with van der Waals surface area (Å²) >= 11 is 0. The number of para-hydroxylation sites is 1. The zero-order valence-corrected chi connectivity index (χ0v) is 12.6. The fraction of sp³-hybridized carbons (Fsp3) is 0.250. The van der Waals surface area contributed by atoms with Crippen molar-refractivity contribution in [2.75, 3.05) is 0 Å². The molecule has 3 aromatic rings. The Kier molecular flexibility index (Phi) is 3.16. The number of H-pyrrole nitrogens is 1. The number of aldehydes is 1. The molecule has 0 spiro atoms. The topological polar surface area (TPSA) is 80.6 Å². The Bertz CT molecular complexity index is 916. The van der Waals surface area contributed by atoms with Crippen molar-refractivity contribution in [3.63, 3.8) is 0 Å². The number of aromatic nitrogens is 4. The number of carbonyl (C=O) groups is 1. The predicted molar refractivity (Wildman–Crippen MR) is 83.6 cm³/mol. The summed E-state index contributed by atoms with van der Waals surface area (Å²) in [5, 5.41) is 4.59. The first kappa shape index (κ1) is 14.2. The Hall–Kier alpha value is -2.76. The van der Waals surface area contributed by atoms with E-state index in [0.717, 1.165) is 5.56 Å². The van der Waals surface area contributed by atoms with Gasteiger partial charge in [-0.25, -0.2) is 9.67 Å². The van der Waals surface area contributed by atoms with Gasteiger partial charge in [-0.3, -0.25) is 14.6 Å². The summed E-state index contributed by atoms with van der Waals surface area (Å²) in [4.78, 5) is 30.3. The number of nitrogens with zero attached hydrogens (tertiary/aromatic N) is 3. The molecular weight excluding hydrogens is 280 g/mol. The van der Waals surface area contributed by atoms with Crippen LogP contribution in [-0.4, -0.2) is 26.0 Å². The lowest BCUT2D eigenvalue weighted by atomic mass is 9.85. The second-order valence-corrected chi connectivity index (χ2v) is 6.18. The van der Waals surface area contributed by atoms with E-state index >= 15 is 0 Å². The number of aromatic amines is 1. The van der Waals surface area contributed by atoms with E-state index < -0.39 is 0 Å². The molecule has 0 aliphatic carbocycles. The monoisotopic (exact) mass is 296 g/mol.